The average molecular weight is 263 g/mol. The van der Waals surface area contributed by atoms with Crippen LogP contribution in [0.3, 0.4) is 0 Å². The van der Waals surface area contributed by atoms with Crippen molar-refractivity contribution in [2.45, 2.75) is 52.5 Å². The molecule has 0 saturated carbocycles. The first kappa shape index (κ1) is 16.2. The second-order valence-electron chi connectivity index (χ2n) is 5.16. The Labute approximate surface area is 118 Å². The molecule has 0 radical (unpaired) electrons. The number of hydrogen-bond donors (Lipinski definition) is 1. The number of aryl methyl sites for hydroxylation is 1. The Hall–Kier alpha value is -0.860. The molecule has 1 N–H and O–H groups in total. The van der Waals surface area contributed by atoms with Crippen LogP contribution in [0.2, 0.25) is 0 Å². The van der Waals surface area contributed by atoms with Gasteiger partial charge in [0.15, 0.2) is 0 Å². The first-order valence-electron chi connectivity index (χ1n) is 7.65. The van der Waals surface area contributed by atoms with Gasteiger partial charge in [-0.05, 0) is 25.5 Å². The lowest BCUT2D eigenvalue weighted by molar-refractivity contribution is 0.108. The van der Waals surface area contributed by atoms with E-state index in [1.165, 1.54) is 36.8 Å². The van der Waals surface area contributed by atoms with Crippen molar-refractivity contribution in [1.82, 2.24) is 5.32 Å². The van der Waals surface area contributed by atoms with Gasteiger partial charge in [0.25, 0.3) is 0 Å². The second-order valence-corrected chi connectivity index (χ2v) is 5.16. The van der Waals surface area contributed by atoms with Crippen molar-refractivity contribution in [2.75, 3.05) is 19.8 Å². The fourth-order valence-corrected chi connectivity index (χ4v) is 2.15. The van der Waals surface area contributed by atoms with Gasteiger partial charge in [-0.1, -0.05) is 62.9 Å². The third kappa shape index (κ3) is 6.74. The van der Waals surface area contributed by atoms with Crippen molar-refractivity contribution >= 4 is 0 Å². The number of nitrogens with one attached hydrogen (secondary N) is 1. The Kier molecular flexibility index (Phi) is 8.52. The van der Waals surface area contributed by atoms with Gasteiger partial charge >= 0.3 is 0 Å². The minimum absolute atomic E-state index is 0.316. The molecule has 108 valence electrons. The van der Waals surface area contributed by atoms with E-state index in [1.54, 1.807) is 0 Å². The standard InChI is InChI=1S/C17H29NO/c1-4-6-7-8-13-19-14-17(18-5-2)16-11-9-15(3)10-12-16/h9-12,17-18H,4-8,13-14H2,1-3H3. The average Bonchev–Trinajstić information content (AvgIpc) is 2.42. The van der Waals surface area contributed by atoms with Crippen molar-refractivity contribution in [1.29, 1.82) is 0 Å². The summed E-state index contributed by atoms with van der Waals surface area (Å²) in [4.78, 5) is 0. The molecule has 1 atom stereocenters. The summed E-state index contributed by atoms with van der Waals surface area (Å²) in [7, 11) is 0. The number of benzene rings is 1. The zero-order valence-electron chi connectivity index (χ0n) is 12.7. The van der Waals surface area contributed by atoms with Gasteiger partial charge in [-0.3, -0.25) is 0 Å². The largest absolute Gasteiger partial charge is 0.379 e. The van der Waals surface area contributed by atoms with Crippen molar-refractivity contribution in [2.24, 2.45) is 0 Å². The van der Waals surface area contributed by atoms with Gasteiger partial charge in [-0.15, -0.1) is 0 Å². The molecule has 0 aliphatic carbocycles. The SMILES string of the molecule is CCCCCCOCC(NCC)c1ccc(C)cc1. The highest BCUT2D eigenvalue weighted by Crippen LogP contribution is 2.14. The monoisotopic (exact) mass is 263 g/mol. The number of likely N-dealkylation sites (N-methyl/N-ethyl adjacent to an activating group) is 1. The summed E-state index contributed by atoms with van der Waals surface area (Å²) >= 11 is 0. The van der Waals surface area contributed by atoms with Gasteiger partial charge in [0.2, 0.25) is 0 Å². The zero-order valence-corrected chi connectivity index (χ0v) is 12.7. The van der Waals surface area contributed by atoms with Gasteiger partial charge in [-0.2, -0.15) is 0 Å². The van der Waals surface area contributed by atoms with Crippen LogP contribution in [-0.4, -0.2) is 19.8 Å². The van der Waals surface area contributed by atoms with Gasteiger partial charge in [0, 0.05) is 6.61 Å². The summed E-state index contributed by atoms with van der Waals surface area (Å²) in [6.07, 6.45) is 5.06. The molecule has 19 heavy (non-hydrogen) atoms. The van der Waals surface area contributed by atoms with Crippen LogP contribution in [0.1, 0.15) is 56.7 Å². The van der Waals surface area contributed by atoms with E-state index in [4.69, 9.17) is 4.74 Å². The molecule has 0 aliphatic heterocycles. The maximum absolute atomic E-state index is 5.82. The number of ether oxygens (including phenoxy) is 1. The van der Waals surface area contributed by atoms with E-state index in [0.29, 0.717) is 6.04 Å². The molecule has 2 nitrogen and oxygen atoms in total. The summed E-state index contributed by atoms with van der Waals surface area (Å²) in [6.45, 7) is 9.12. The summed E-state index contributed by atoms with van der Waals surface area (Å²) in [6, 6.07) is 9.05. The summed E-state index contributed by atoms with van der Waals surface area (Å²) in [5, 5.41) is 3.50. The molecular formula is C17H29NO. The first-order valence-corrected chi connectivity index (χ1v) is 7.65. The maximum Gasteiger partial charge on any atom is 0.0661 e. The van der Waals surface area contributed by atoms with Crippen LogP contribution >= 0.6 is 0 Å². The van der Waals surface area contributed by atoms with E-state index in [-0.39, 0.29) is 0 Å². The van der Waals surface area contributed by atoms with Crippen molar-refractivity contribution in [3.8, 4) is 0 Å². The van der Waals surface area contributed by atoms with Gasteiger partial charge in [0.1, 0.15) is 0 Å². The van der Waals surface area contributed by atoms with Crippen LogP contribution in [0, 0.1) is 6.92 Å². The Morgan fingerprint density at radius 3 is 2.42 bits per heavy atom. The van der Waals surface area contributed by atoms with E-state index in [9.17, 15) is 0 Å². The second kappa shape index (κ2) is 9.99. The van der Waals surface area contributed by atoms with Crippen molar-refractivity contribution in [3.05, 3.63) is 35.4 Å². The van der Waals surface area contributed by atoms with Gasteiger partial charge in [0.05, 0.1) is 12.6 Å². The topological polar surface area (TPSA) is 21.3 Å². The Balaban J connectivity index is 2.34. The van der Waals surface area contributed by atoms with Crippen LogP contribution in [-0.2, 0) is 4.74 Å². The quantitative estimate of drug-likeness (QED) is 0.637. The molecule has 2 heteroatoms. The van der Waals surface area contributed by atoms with E-state index in [0.717, 1.165) is 19.8 Å². The van der Waals surface area contributed by atoms with Crippen molar-refractivity contribution < 1.29 is 4.74 Å². The van der Waals surface area contributed by atoms with E-state index < -0.39 is 0 Å². The van der Waals surface area contributed by atoms with Crippen LogP contribution in [0.15, 0.2) is 24.3 Å². The van der Waals surface area contributed by atoms with Crippen LogP contribution in [0.5, 0.6) is 0 Å². The van der Waals surface area contributed by atoms with Crippen LogP contribution in [0.4, 0.5) is 0 Å². The summed E-state index contributed by atoms with van der Waals surface area (Å²) in [5.74, 6) is 0. The Morgan fingerprint density at radius 1 is 1.05 bits per heavy atom. The normalized spacial score (nSPS) is 12.6. The fraction of sp³-hybridized carbons (Fsp3) is 0.647. The third-order valence-corrected chi connectivity index (χ3v) is 3.36. The molecule has 1 rings (SSSR count). The molecule has 1 aromatic rings. The number of hydrogen-bond acceptors (Lipinski definition) is 2. The van der Waals surface area contributed by atoms with E-state index in [1.807, 2.05) is 0 Å². The molecule has 0 aliphatic rings. The molecule has 0 fully saturated rings. The highest BCUT2D eigenvalue weighted by Gasteiger charge is 2.09. The Bertz CT molecular complexity index is 321. The lowest BCUT2D eigenvalue weighted by Gasteiger charge is -2.18. The third-order valence-electron chi connectivity index (χ3n) is 3.36. The number of rotatable bonds is 10. The summed E-state index contributed by atoms with van der Waals surface area (Å²) < 4.78 is 5.82. The van der Waals surface area contributed by atoms with Gasteiger partial charge < -0.3 is 10.1 Å². The number of unbranched alkanes of at least 4 members (excludes halogenated alkanes) is 3. The highest BCUT2D eigenvalue weighted by atomic mass is 16.5. The molecule has 0 aromatic heterocycles. The molecular weight excluding hydrogens is 234 g/mol. The minimum atomic E-state index is 0.316. The van der Waals surface area contributed by atoms with E-state index in [2.05, 4.69) is 50.4 Å². The van der Waals surface area contributed by atoms with Gasteiger partial charge in [-0.25, -0.2) is 0 Å². The maximum atomic E-state index is 5.82. The zero-order chi connectivity index (χ0) is 13.9. The molecule has 0 amide bonds. The van der Waals surface area contributed by atoms with Crippen LogP contribution < -0.4 is 5.32 Å². The Morgan fingerprint density at radius 2 is 1.79 bits per heavy atom. The minimum Gasteiger partial charge on any atom is -0.379 e. The van der Waals surface area contributed by atoms with Crippen LogP contribution in [0.25, 0.3) is 0 Å². The first-order chi connectivity index (χ1) is 9.27. The summed E-state index contributed by atoms with van der Waals surface area (Å²) in [5.41, 5.74) is 2.63. The fourth-order valence-electron chi connectivity index (χ4n) is 2.15. The predicted octanol–water partition coefficient (Wildman–Crippen LogP) is 4.24. The molecule has 0 heterocycles. The molecule has 1 unspecified atom stereocenters. The molecule has 0 saturated heterocycles. The van der Waals surface area contributed by atoms with E-state index >= 15 is 0 Å². The lowest BCUT2D eigenvalue weighted by atomic mass is 10.1. The molecule has 0 bridgehead atoms. The highest BCUT2D eigenvalue weighted by molar-refractivity contribution is 5.24. The predicted molar refractivity (Wildman–Crippen MR) is 82.6 cm³/mol. The lowest BCUT2D eigenvalue weighted by Crippen LogP contribution is -2.25. The van der Waals surface area contributed by atoms with Crippen molar-refractivity contribution in [3.63, 3.8) is 0 Å². The smallest absolute Gasteiger partial charge is 0.0661 e. The molecule has 1 aromatic carbocycles. The molecule has 0 spiro atoms.